The van der Waals surface area contributed by atoms with Gasteiger partial charge >= 0.3 is 0 Å². The Morgan fingerprint density at radius 1 is 1.43 bits per heavy atom. The van der Waals surface area contributed by atoms with Crippen LogP contribution >= 0.6 is 0 Å². The lowest BCUT2D eigenvalue weighted by Crippen LogP contribution is -2.44. The van der Waals surface area contributed by atoms with Crippen molar-refractivity contribution in [1.29, 1.82) is 0 Å². The number of likely N-dealkylation sites (N-methyl/N-ethyl adjacent to an activating group) is 1. The lowest BCUT2D eigenvalue weighted by atomic mass is 10.2. The van der Waals surface area contributed by atoms with E-state index in [2.05, 4.69) is 5.32 Å². The number of aryl methyl sites for hydroxylation is 1. The summed E-state index contributed by atoms with van der Waals surface area (Å²) in [6.45, 7) is 2.09. The number of carbonyl (C=O) groups excluding carboxylic acids is 1. The molecule has 0 aliphatic carbocycles. The molecule has 1 aliphatic rings. The molecule has 1 N–H and O–H groups in total. The van der Waals surface area contributed by atoms with Crippen LogP contribution < -0.4 is 10.1 Å². The lowest BCUT2D eigenvalue weighted by Gasteiger charge is -2.23. The first-order valence-electron chi connectivity index (χ1n) is 6.80. The Morgan fingerprint density at radius 3 is 2.76 bits per heavy atom. The number of methoxy groups -OCH3 is 1. The number of benzene rings is 1. The number of nitrogens with zero attached hydrogens (tertiary/aromatic N) is 1. The van der Waals surface area contributed by atoms with Gasteiger partial charge in [-0.3, -0.25) is 4.79 Å². The normalized spacial score (nSPS) is 19.5. The first kappa shape index (κ1) is 15.8. The minimum atomic E-state index is -3.71. The van der Waals surface area contributed by atoms with Crippen molar-refractivity contribution in [2.45, 2.75) is 30.7 Å². The topological polar surface area (TPSA) is 75.7 Å². The Labute approximate surface area is 125 Å². The molecule has 0 spiro atoms. The highest BCUT2D eigenvalue weighted by atomic mass is 32.2. The molecule has 6 nitrogen and oxygen atoms in total. The molecular formula is C14H20N2O4S. The number of hydrogen-bond donors (Lipinski definition) is 1. The number of carbonyl (C=O) groups is 1. The summed E-state index contributed by atoms with van der Waals surface area (Å²) in [5.74, 6) is 0.214. The Morgan fingerprint density at radius 2 is 2.14 bits per heavy atom. The average Bonchev–Trinajstić information content (AvgIpc) is 2.97. The molecule has 1 heterocycles. The quantitative estimate of drug-likeness (QED) is 0.896. The van der Waals surface area contributed by atoms with Crippen molar-refractivity contribution in [2.24, 2.45) is 0 Å². The molecule has 1 aromatic carbocycles. The van der Waals surface area contributed by atoms with Gasteiger partial charge in [0, 0.05) is 19.7 Å². The molecule has 0 aromatic heterocycles. The molecule has 0 radical (unpaired) electrons. The molecule has 1 saturated heterocycles. The molecule has 2 rings (SSSR count). The molecule has 1 atom stereocenters. The largest absolute Gasteiger partial charge is 0.497 e. The van der Waals surface area contributed by atoms with Gasteiger partial charge in [-0.25, -0.2) is 8.42 Å². The zero-order chi connectivity index (χ0) is 15.6. The summed E-state index contributed by atoms with van der Waals surface area (Å²) in [6.07, 6.45) is 1.22. The summed E-state index contributed by atoms with van der Waals surface area (Å²) in [7, 11) is -0.707. The molecule has 0 bridgehead atoms. The second-order valence-electron chi connectivity index (χ2n) is 5.02. The van der Waals surface area contributed by atoms with Crippen molar-refractivity contribution in [3.05, 3.63) is 23.8 Å². The molecule has 1 aliphatic heterocycles. The van der Waals surface area contributed by atoms with E-state index in [4.69, 9.17) is 4.74 Å². The highest BCUT2D eigenvalue weighted by molar-refractivity contribution is 7.89. The Balaban J connectivity index is 2.44. The molecule has 21 heavy (non-hydrogen) atoms. The highest BCUT2D eigenvalue weighted by Crippen LogP contribution is 2.30. The van der Waals surface area contributed by atoms with Crippen molar-refractivity contribution in [1.82, 2.24) is 9.62 Å². The average molecular weight is 312 g/mol. The smallest absolute Gasteiger partial charge is 0.244 e. The summed E-state index contributed by atoms with van der Waals surface area (Å²) in [6, 6.07) is 4.29. The maximum atomic E-state index is 12.8. The van der Waals surface area contributed by atoms with Crippen LogP contribution in [0.5, 0.6) is 5.75 Å². The van der Waals surface area contributed by atoms with E-state index in [1.165, 1.54) is 24.5 Å². The predicted molar refractivity (Wildman–Crippen MR) is 78.7 cm³/mol. The summed E-state index contributed by atoms with van der Waals surface area (Å²) >= 11 is 0. The molecule has 7 heteroatoms. The minimum Gasteiger partial charge on any atom is -0.497 e. The fourth-order valence-corrected chi connectivity index (χ4v) is 4.47. The molecule has 0 saturated carbocycles. The number of sulfonamides is 1. The first-order valence-corrected chi connectivity index (χ1v) is 8.24. The third-order valence-electron chi connectivity index (χ3n) is 3.73. The molecule has 1 fully saturated rings. The van der Waals surface area contributed by atoms with Crippen LogP contribution in [0.2, 0.25) is 0 Å². The van der Waals surface area contributed by atoms with Gasteiger partial charge in [0.1, 0.15) is 11.8 Å². The van der Waals surface area contributed by atoms with E-state index >= 15 is 0 Å². The lowest BCUT2D eigenvalue weighted by molar-refractivity contribution is -0.123. The summed E-state index contributed by atoms with van der Waals surface area (Å²) in [5, 5.41) is 2.53. The second-order valence-corrected chi connectivity index (χ2v) is 6.88. The molecule has 1 amide bonds. The van der Waals surface area contributed by atoms with Crippen LogP contribution in [-0.4, -0.2) is 45.4 Å². The van der Waals surface area contributed by atoms with E-state index in [1.807, 2.05) is 0 Å². The minimum absolute atomic E-state index is 0.192. The van der Waals surface area contributed by atoms with Crippen LogP contribution in [0.1, 0.15) is 18.4 Å². The van der Waals surface area contributed by atoms with Crippen LogP contribution in [0.4, 0.5) is 0 Å². The van der Waals surface area contributed by atoms with E-state index in [9.17, 15) is 13.2 Å². The van der Waals surface area contributed by atoms with Gasteiger partial charge < -0.3 is 10.1 Å². The maximum absolute atomic E-state index is 12.8. The van der Waals surface area contributed by atoms with Crippen LogP contribution in [-0.2, 0) is 14.8 Å². The summed E-state index contributed by atoms with van der Waals surface area (Å²) < 4.78 is 32.1. The van der Waals surface area contributed by atoms with Crippen molar-refractivity contribution in [2.75, 3.05) is 20.7 Å². The Hall–Kier alpha value is -1.60. The van der Waals surface area contributed by atoms with E-state index in [0.717, 1.165) is 0 Å². The van der Waals surface area contributed by atoms with Gasteiger partial charge in [0.05, 0.1) is 12.0 Å². The predicted octanol–water partition coefficient (Wildman–Crippen LogP) is 0.903. The third kappa shape index (κ3) is 2.89. The number of ether oxygens (including phenoxy) is 1. The van der Waals surface area contributed by atoms with Crippen molar-refractivity contribution in [3.63, 3.8) is 0 Å². The molecule has 116 valence electrons. The van der Waals surface area contributed by atoms with Crippen molar-refractivity contribution < 1.29 is 17.9 Å². The van der Waals surface area contributed by atoms with Gasteiger partial charge in [-0.05, 0) is 31.4 Å². The number of nitrogens with one attached hydrogen (secondary N) is 1. The monoisotopic (exact) mass is 312 g/mol. The van der Waals surface area contributed by atoms with Gasteiger partial charge in [0.25, 0.3) is 0 Å². The molecule has 0 unspecified atom stereocenters. The highest BCUT2D eigenvalue weighted by Gasteiger charge is 2.39. The SMILES string of the molecule is CNC(=O)[C@@H]1CCCN1S(=O)(=O)c1cc(OC)ccc1C. The van der Waals surface area contributed by atoms with E-state index in [0.29, 0.717) is 30.7 Å². The van der Waals surface area contributed by atoms with Crippen LogP contribution in [0, 0.1) is 6.92 Å². The third-order valence-corrected chi connectivity index (χ3v) is 5.78. The zero-order valence-corrected chi connectivity index (χ0v) is 13.2. The summed E-state index contributed by atoms with van der Waals surface area (Å²) in [4.78, 5) is 12.1. The zero-order valence-electron chi connectivity index (χ0n) is 12.4. The first-order chi connectivity index (χ1) is 9.91. The fourth-order valence-electron chi connectivity index (χ4n) is 2.57. The van der Waals surface area contributed by atoms with Crippen molar-refractivity contribution in [3.8, 4) is 5.75 Å². The Bertz CT molecular complexity index is 642. The number of amides is 1. The van der Waals surface area contributed by atoms with E-state index < -0.39 is 16.1 Å². The van der Waals surface area contributed by atoms with Crippen LogP contribution in [0.15, 0.2) is 23.1 Å². The van der Waals surface area contributed by atoms with Gasteiger partial charge in [-0.15, -0.1) is 0 Å². The summed E-state index contributed by atoms with van der Waals surface area (Å²) in [5.41, 5.74) is 0.637. The van der Waals surface area contributed by atoms with E-state index in [-0.39, 0.29) is 10.8 Å². The van der Waals surface area contributed by atoms with Crippen LogP contribution in [0.25, 0.3) is 0 Å². The van der Waals surface area contributed by atoms with E-state index in [1.54, 1.807) is 19.1 Å². The standard InChI is InChI=1S/C14H20N2O4S/c1-10-6-7-11(20-3)9-13(10)21(18,19)16-8-4-5-12(16)14(17)15-2/h6-7,9,12H,4-5,8H2,1-3H3,(H,15,17)/t12-/m0/s1. The van der Waals surface area contributed by atoms with Gasteiger partial charge in [0.2, 0.25) is 15.9 Å². The second kappa shape index (κ2) is 6.03. The molecular weight excluding hydrogens is 292 g/mol. The number of rotatable bonds is 4. The molecule has 1 aromatic rings. The van der Waals surface area contributed by atoms with Gasteiger partial charge in [-0.2, -0.15) is 4.31 Å². The van der Waals surface area contributed by atoms with Crippen molar-refractivity contribution >= 4 is 15.9 Å². The van der Waals surface area contributed by atoms with Crippen LogP contribution in [0.3, 0.4) is 0 Å². The number of hydrogen-bond acceptors (Lipinski definition) is 4. The Kier molecular flexibility index (Phi) is 4.53. The van der Waals surface area contributed by atoms with Gasteiger partial charge in [0.15, 0.2) is 0 Å². The van der Waals surface area contributed by atoms with Gasteiger partial charge in [-0.1, -0.05) is 6.07 Å². The fraction of sp³-hybridized carbons (Fsp3) is 0.500. The maximum Gasteiger partial charge on any atom is 0.244 e.